The summed E-state index contributed by atoms with van der Waals surface area (Å²) < 4.78 is 6.47. The van der Waals surface area contributed by atoms with E-state index >= 15 is 0 Å². The summed E-state index contributed by atoms with van der Waals surface area (Å²) in [6.45, 7) is 7.20. The summed E-state index contributed by atoms with van der Waals surface area (Å²) >= 11 is 12.2. The van der Waals surface area contributed by atoms with Crippen LogP contribution in [0.25, 0.3) is 0 Å². The predicted octanol–water partition coefficient (Wildman–Crippen LogP) is 4.65. The smallest absolute Gasteiger partial charge is 0.246 e. The van der Waals surface area contributed by atoms with E-state index in [0.29, 0.717) is 28.8 Å². The van der Waals surface area contributed by atoms with Crippen LogP contribution >= 0.6 is 23.2 Å². The van der Waals surface area contributed by atoms with Crippen LogP contribution in [0.1, 0.15) is 58.8 Å². The van der Waals surface area contributed by atoms with Gasteiger partial charge in [-0.3, -0.25) is 14.4 Å². The SMILES string of the molecule is CCCN(CCC)CCN1C(=O)[C@@H]2[C@H](C(=O)Nc3ccc(Cl)c(Cl)c3)[C@@H]3C=C[C@@]2(O3)[C@H]1C(=O)NC1CCCCC1. The van der Waals surface area contributed by atoms with E-state index in [9.17, 15) is 14.4 Å². The summed E-state index contributed by atoms with van der Waals surface area (Å²) in [4.78, 5) is 45.8. The van der Waals surface area contributed by atoms with Gasteiger partial charge in [0.05, 0.1) is 28.0 Å². The van der Waals surface area contributed by atoms with Crippen molar-refractivity contribution in [1.82, 2.24) is 15.1 Å². The number of benzene rings is 1. The molecule has 1 spiro atoms. The fraction of sp³-hybridized carbons (Fsp3) is 0.633. The van der Waals surface area contributed by atoms with Crippen LogP contribution in [0.5, 0.6) is 0 Å². The van der Waals surface area contributed by atoms with Gasteiger partial charge in [-0.25, -0.2) is 0 Å². The van der Waals surface area contributed by atoms with Crippen molar-refractivity contribution in [3.63, 3.8) is 0 Å². The van der Waals surface area contributed by atoms with Gasteiger partial charge in [0.25, 0.3) is 0 Å². The number of rotatable bonds is 11. The number of hydrogen-bond donors (Lipinski definition) is 2. The van der Waals surface area contributed by atoms with Crippen LogP contribution in [-0.2, 0) is 19.1 Å². The van der Waals surface area contributed by atoms with Crippen molar-refractivity contribution in [2.45, 2.75) is 82.6 Å². The molecule has 5 rings (SSSR count). The second-order valence-corrected chi connectivity index (χ2v) is 12.4. The third kappa shape index (κ3) is 5.52. The average molecular weight is 592 g/mol. The standard InChI is InChI=1S/C30H40Cl2N4O4/c1-3-14-35(15-4-2)16-17-36-26(28(38)33-19-8-6-5-7-9-19)30-13-12-23(40-30)24(25(30)29(36)39)27(37)34-20-10-11-21(31)22(32)18-20/h10-13,18-19,23-26H,3-9,14-17H2,1-2H3,(H,33,38)(H,34,37)/t23-,24+,25-,26+,30-/m0/s1. The third-order valence-corrected chi connectivity index (χ3v) is 9.54. The van der Waals surface area contributed by atoms with Crippen molar-refractivity contribution in [2.75, 3.05) is 31.5 Å². The minimum atomic E-state index is -1.17. The van der Waals surface area contributed by atoms with Gasteiger partial charge in [0.1, 0.15) is 11.6 Å². The van der Waals surface area contributed by atoms with E-state index in [2.05, 4.69) is 29.4 Å². The Labute approximate surface area is 246 Å². The van der Waals surface area contributed by atoms with Crippen LogP contribution in [-0.4, -0.2) is 77.5 Å². The zero-order valence-corrected chi connectivity index (χ0v) is 24.8. The molecule has 8 nitrogen and oxygen atoms in total. The van der Waals surface area contributed by atoms with Crippen molar-refractivity contribution in [3.05, 3.63) is 40.4 Å². The van der Waals surface area contributed by atoms with Crippen molar-refractivity contribution < 1.29 is 19.1 Å². The Morgan fingerprint density at radius 3 is 2.45 bits per heavy atom. The largest absolute Gasteiger partial charge is 0.359 e. The highest BCUT2D eigenvalue weighted by atomic mass is 35.5. The third-order valence-electron chi connectivity index (χ3n) is 8.80. The molecule has 3 amide bonds. The minimum Gasteiger partial charge on any atom is -0.359 e. The molecule has 1 aromatic carbocycles. The van der Waals surface area contributed by atoms with Gasteiger partial charge >= 0.3 is 0 Å². The van der Waals surface area contributed by atoms with Crippen molar-refractivity contribution in [1.29, 1.82) is 0 Å². The van der Waals surface area contributed by atoms with Gasteiger partial charge in [-0.2, -0.15) is 0 Å². The fourth-order valence-corrected chi connectivity index (χ4v) is 7.35. The van der Waals surface area contributed by atoms with Crippen molar-refractivity contribution in [3.8, 4) is 0 Å². The molecule has 40 heavy (non-hydrogen) atoms. The lowest BCUT2D eigenvalue weighted by Crippen LogP contribution is -2.57. The van der Waals surface area contributed by atoms with Gasteiger partial charge in [-0.15, -0.1) is 0 Å². The van der Waals surface area contributed by atoms with Crippen LogP contribution in [0, 0.1) is 11.8 Å². The Kier molecular flexibility index (Phi) is 9.10. The molecule has 10 heteroatoms. The molecule has 3 fully saturated rings. The van der Waals surface area contributed by atoms with Gasteiger partial charge in [0.15, 0.2) is 0 Å². The fourth-order valence-electron chi connectivity index (χ4n) is 7.05. The maximum atomic E-state index is 14.2. The van der Waals surface area contributed by atoms with Gasteiger partial charge in [-0.05, 0) is 57.0 Å². The van der Waals surface area contributed by atoms with Crippen LogP contribution in [0.4, 0.5) is 5.69 Å². The zero-order chi connectivity index (χ0) is 28.4. The number of carbonyl (C=O) groups excluding carboxylic acids is 3. The second kappa shape index (κ2) is 12.4. The number of likely N-dealkylation sites (tertiary alicyclic amines) is 1. The molecule has 5 atom stereocenters. The topological polar surface area (TPSA) is 91.0 Å². The first kappa shape index (κ1) is 29.4. The van der Waals surface area contributed by atoms with E-state index in [1.54, 1.807) is 23.1 Å². The molecule has 1 aromatic rings. The van der Waals surface area contributed by atoms with E-state index in [1.165, 1.54) is 6.42 Å². The number of nitrogens with one attached hydrogen (secondary N) is 2. The Balaban J connectivity index is 1.41. The molecule has 4 aliphatic rings. The van der Waals surface area contributed by atoms with E-state index in [-0.39, 0.29) is 23.8 Å². The predicted molar refractivity (Wildman–Crippen MR) is 156 cm³/mol. The first-order valence-electron chi connectivity index (χ1n) is 14.7. The summed E-state index contributed by atoms with van der Waals surface area (Å²) in [5, 5.41) is 6.86. The highest BCUT2D eigenvalue weighted by Gasteiger charge is 2.72. The quantitative estimate of drug-likeness (QED) is 0.366. The summed E-state index contributed by atoms with van der Waals surface area (Å²) in [5.41, 5.74) is -0.676. The molecular formula is C30H40Cl2N4O4. The maximum absolute atomic E-state index is 14.2. The number of anilines is 1. The number of carbonyl (C=O) groups is 3. The lowest BCUT2D eigenvalue weighted by atomic mass is 9.74. The molecule has 218 valence electrons. The molecule has 0 unspecified atom stereocenters. The first-order chi connectivity index (χ1) is 19.3. The first-order valence-corrected chi connectivity index (χ1v) is 15.5. The summed E-state index contributed by atoms with van der Waals surface area (Å²) in [6, 6.07) is 4.15. The molecule has 0 aromatic heterocycles. The summed E-state index contributed by atoms with van der Waals surface area (Å²) in [7, 11) is 0. The van der Waals surface area contributed by atoms with Crippen LogP contribution < -0.4 is 10.6 Å². The van der Waals surface area contributed by atoms with Crippen molar-refractivity contribution in [2.24, 2.45) is 11.8 Å². The summed E-state index contributed by atoms with van der Waals surface area (Å²) in [6.07, 6.45) is 10.4. The van der Waals surface area contributed by atoms with E-state index in [0.717, 1.165) is 51.6 Å². The highest BCUT2D eigenvalue weighted by Crippen LogP contribution is 2.55. The lowest BCUT2D eigenvalue weighted by Gasteiger charge is -2.35. The van der Waals surface area contributed by atoms with Gasteiger partial charge in [-0.1, -0.05) is 68.5 Å². The molecule has 2 bridgehead atoms. The van der Waals surface area contributed by atoms with Gasteiger partial charge < -0.3 is 25.2 Å². The Hall–Kier alpha value is -2.13. The minimum absolute atomic E-state index is 0.0988. The normalized spacial score (nSPS) is 29.3. The molecule has 0 radical (unpaired) electrons. The number of hydrogen-bond acceptors (Lipinski definition) is 5. The average Bonchev–Trinajstić information content (AvgIpc) is 3.57. The molecule has 1 saturated carbocycles. The number of amides is 3. The molecular weight excluding hydrogens is 551 g/mol. The van der Waals surface area contributed by atoms with Crippen LogP contribution in [0.3, 0.4) is 0 Å². The highest BCUT2D eigenvalue weighted by molar-refractivity contribution is 6.42. The molecule has 2 saturated heterocycles. The summed E-state index contributed by atoms with van der Waals surface area (Å²) in [5.74, 6) is -2.25. The molecule has 1 aliphatic carbocycles. The van der Waals surface area contributed by atoms with Crippen LogP contribution in [0.15, 0.2) is 30.4 Å². The van der Waals surface area contributed by atoms with E-state index in [1.807, 2.05) is 12.2 Å². The molecule has 2 N–H and O–H groups in total. The van der Waals surface area contributed by atoms with E-state index in [4.69, 9.17) is 27.9 Å². The number of nitrogens with zero attached hydrogens (tertiary/aromatic N) is 2. The molecule has 3 heterocycles. The Morgan fingerprint density at radius 1 is 1.05 bits per heavy atom. The van der Waals surface area contributed by atoms with Gasteiger partial charge in [0.2, 0.25) is 17.7 Å². The Bertz CT molecular complexity index is 1150. The zero-order valence-electron chi connectivity index (χ0n) is 23.3. The number of fused-ring (bicyclic) bond motifs is 1. The van der Waals surface area contributed by atoms with Crippen LogP contribution in [0.2, 0.25) is 10.0 Å². The van der Waals surface area contributed by atoms with Crippen molar-refractivity contribution >= 4 is 46.6 Å². The van der Waals surface area contributed by atoms with Gasteiger partial charge in [0, 0.05) is 24.8 Å². The Morgan fingerprint density at radius 2 is 1.77 bits per heavy atom. The lowest BCUT2D eigenvalue weighted by molar-refractivity contribution is -0.141. The monoisotopic (exact) mass is 590 g/mol. The maximum Gasteiger partial charge on any atom is 0.246 e. The number of halogens is 2. The molecule has 3 aliphatic heterocycles. The van der Waals surface area contributed by atoms with E-state index < -0.39 is 29.6 Å². The second-order valence-electron chi connectivity index (χ2n) is 11.5. The number of ether oxygens (including phenoxy) is 1.